The van der Waals surface area contributed by atoms with Crippen molar-refractivity contribution in [1.82, 2.24) is 4.57 Å². The van der Waals surface area contributed by atoms with Gasteiger partial charge in [0.15, 0.2) is 0 Å². The molecule has 13 aromatic rings. The summed E-state index contributed by atoms with van der Waals surface area (Å²) in [5.41, 5.74) is 26.5. The first-order valence-electron chi connectivity index (χ1n) is 27.2. The van der Waals surface area contributed by atoms with E-state index in [2.05, 4.69) is 290 Å². The average Bonchev–Trinajstić information content (AvgIpc) is 4.38. The van der Waals surface area contributed by atoms with E-state index in [1.807, 2.05) is 0 Å². The Labute approximate surface area is 448 Å². The van der Waals surface area contributed by atoms with E-state index in [9.17, 15) is 0 Å². The highest BCUT2D eigenvalue weighted by molar-refractivity contribution is 6.15. The first kappa shape index (κ1) is 42.8. The molecule has 77 heavy (non-hydrogen) atoms. The van der Waals surface area contributed by atoms with E-state index in [-0.39, 0.29) is 5.41 Å². The van der Waals surface area contributed by atoms with E-state index < -0.39 is 10.8 Å². The van der Waals surface area contributed by atoms with Crippen molar-refractivity contribution in [3.8, 4) is 39.1 Å². The first-order chi connectivity index (χ1) is 38.0. The summed E-state index contributed by atoms with van der Waals surface area (Å²) in [5, 5.41) is 5.00. The quantitative estimate of drug-likeness (QED) is 0.167. The minimum atomic E-state index is -0.618. The van der Waals surface area contributed by atoms with Crippen molar-refractivity contribution >= 4 is 49.6 Å². The summed E-state index contributed by atoms with van der Waals surface area (Å²) >= 11 is 0. The van der Waals surface area contributed by atoms with Crippen molar-refractivity contribution in [2.45, 2.75) is 30.1 Å². The van der Waals surface area contributed by atoms with Crippen molar-refractivity contribution in [3.63, 3.8) is 0 Å². The Kier molecular flexibility index (Phi) is 8.51. The van der Waals surface area contributed by atoms with Gasteiger partial charge in [-0.3, -0.25) is 0 Å². The molecule has 1 spiro atoms. The maximum Gasteiger partial charge on any atom is 0.0755 e. The molecule has 0 radical (unpaired) electrons. The summed E-state index contributed by atoms with van der Waals surface area (Å²) < 4.78 is 2.54. The van der Waals surface area contributed by atoms with Crippen LogP contribution in [0.4, 0.5) is 17.1 Å². The number of para-hydroxylation sites is 3. The number of benzene rings is 12. The molecule has 1 aromatic heterocycles. The monoisotopic (exact) mass is 978 g/mol. The smallest absolute Gasteiger partial charge is 0.0755 e. The predicted molar refractivity (Wildman–Crippen MR) is 319 cm³/mol. The van der Waals surface area contributed by atoms with Gasteiger partial charge in [-0.15, -0.1) is 0 Å². The molecule has 1 atom stereocenters. The number of fused-ring (bicyclic) bond motifs is 20. The van der Waals surface area contributed by atoms with Gasteiger partial charge in [0, 0.05) is 32.8 Å². The highest BCUT2D eigenvalue weighted by Gasteiger charge is 2.53. The zero-order valence-electron chi connectivity index (χ0n) is 42.8. The van der Waals surface area contributed by atoms with E-state index in [1.54, 1.807) is 0 Å². The van der Waals surface area contributed by atoms with Crippen LogP contribution in [-0.2, 0) is 16.2 Å². The van der Waals surface area contributed by atoms with Crippen molar-refractivity contribution in [1.29, 1.82) is 0 Å². The van der Waals surface area contributed by atoms with Crippen LogP contribution < -0.4 is 4.90 Å². The molecule has 4 aliphatic rings. The van der Waals surface area contributed by atoms with Crippen LogP contribution >= 0.6 is 0 Å². The number of rotatable bonds is 5. The summed E-state index contributed by atoms with van der Waals surface area (Å²) in [6.45, 7) is 4.81. The second kappa shape index (κ2) is 15.3. The number of aromatic nitrogens is 1. The minimum absolute atomic E-state index is 0.219. The van der Waals surface area contributed by atoms with E-state index in [4.69, 9.17) is 0 Å². The van der Waals surface area contributed by atoms with E-state index in [1.165, 1.54) is 127 Å². The zero-order valence-corrected chi connectivity index (χ0v) is 42.8. The fraction of sp³-hybridized carbons (Fsp3) is 0.0667. The number of hydrogen-bond donors (Lipinski definition) is 0. The van der Waals surface area contributed by atoms with Gasteiger partial charge in [0.1, 0.15) is 0 Å². The van der Waals surface area contributed by atoms with Crippen LogP contribution in [0.5, 0.6) is 0 Å². The Hall–Kier alpha value is -9.50. The topological polar surface area (TPSA) is 8.17 Å². The molecule has 360 valence electrons. The van der Waals surface area contributed by atoms with E-state index in [0.717, 1.165) is 17.1 Å². The van der Waals surface area contributed by atoms with Crippen LogP contribution in [0.15, 0.2) is 267 Å². The molecule has 12 aromatic carbocycles. The van der Waals surface area contributed by atoms with Crippen LogP contribution in [0, 0.1) is 0 Å². The fourth-order valence-electron chi connectivity index (χ4n) is 15.5. The molecule has 3 aliphatic carbocycles. The Bertz CT molecular complexity index is 4630. The first-order valence-corrected chi connectivity index (χ1v) is 27.2. The van der Waals surface area contributed by atoms with Gasteiger partial charge < -0.3 is 9.47 Å². The van der Waals surface area contributed by atoms with Crippen LogP contribution in [0.1, 0.15) is 69.5 Å². The molecule has 2 heterocycles. The van der Waals surface area contributed by atoms with Crippen molar-refractivity contribution in [2.24, 2.45) is 0 Å². The molecular formula is C75H50N2. The van der Waals surface area contributed by atoms with Crippen LogP contribution in [0.2, 0.25) is 0 Å². The van der Waals surface area contributed by atoms with E-state index in [0.29, 0.717) is 0 Å². The summed E-state index contributed by atoms with van der Waals surface area (Å²) in [5.74, 6) is 0. The standard InChI is InChI=1S/C75H50N2/c1-73(2)58-34-15-11-27-50(58)51-44-43-49(45-64(51)73)76(69-46-65-70(54-30-10-9-28-52(54)69)56-31-12-16-35-59(56)74(65,47-23-5-3-6-24-47)48-25-7-4-8-26-48)68-42-22-38-62-71(68)57-32-13-17-36-60(57)75(62)61-37-18-20-41-67(61)77-66-40-19-14-29-53(66)55-33-21-39-63(75)72(55)77/h3-46H,1-2H3. The molecule has 0 bridgehead atoms. The average molecular weight is 979 g/mol. The molecule has 0 N–H and O–H groups in total. The fourth-order valence-corrected chi connectivity index (χ4v) is 15.5. The van der Waals surface area contributed by atoms with Gasteiger partial charge in [0.25, 0.3) is 0 Å². The summed E-state index contributed by atoms with van der Waals surface area (Å²) in [4.78, 5) is 2.66. The highest BCUT2D eigenvalue weighted by Crippen LogP contribution is 2.65. The van der Waals surface area contributed by atoms with Crippen LogP contribution in [-0.4, -0.2) is 4.57 Å². The van der Waals surface area contributed by atoms with Crippen molar-refractivity contribution in [3.05, 3.63) is 323 Å². The maximum atomic E-state index is 2.66. The lowest BCUT2D eigenvalue weighted by Gasteiger charge is -2.40. The Balaban J connectivity index is 1.02. The predicted octanol–water partition coefficient (Wildman–Crippen LogP) is 18.8. The molecule has 2 heteroatoms. The van der Waals surface area contributed by atoms with Gasteiger partial charge >= 0.3 is 0 Å². The van der Waals surface area contributed by atoms with Gasteiger partial charge in [0.2, 0.25) is 0 Å². The van der Waals surface area contributed by atoms with Crippen LogP contribution in [0.25, 0.3) is 71.6 Å². The highest BCUT2D eigenvalue weighted by atomic mass is 15.1. The summed E-state index contributed by atoms with van der Waals surface area (Å²) in [7, 11) is 0. The number of hydrogen-bond acceptors (Lipinski definition) is 1. The second-order valence-corrected chi connectivity index (χ2v) is 22.2. The molecule has 2 nitrogen and oxygen atoms in total. The lowest BCUT2D eigenvalue weighted by Crippen LogP contribution is -2.33. The lowest BCUT2D eigenvalue weighted by molar-refractivity contribution is 0.660. The Morgan fingerprint density at radius 3 is 1.60 bits per heavy atom. The van der Waals surface area contributed by atoms with Gasteiger partial charge in [0.05, 0.1) is 38.9 Å². The third-order valence-corrected chi connectivity index (χ3v) is 18.4. The Morgan fingerprint density at radius 2 is 0.844 bits per heavy atom. The molecule has 0 saturated carbocycles. The SMILES string of the molecule is CC1(C)c2ccccc2-c2ccc(N(c3cccc4c3-c3ccccc3C43c4ccccc4-n4c5ccccc5c5cccc3c54)c3cc4c(c5ccccc35)-c3ccccc3C4(c3ccccc3)c3ccccc3)cc21. The van der Waals surface area contributed by atoms with Crippen molar-refractivity contribution in [2.75, 3.05) is 4.90 Å². The van der Waals surface area contributed by atoms with Gasteiger partial charge in [-0.1, -0.05) is 244 Å². The third kappa shape index (κ3) is 5.25. The molecule has 0 saturated heterocycles. The van der Waals surface area contributed by atoms with Gasteiger partial charge in [-0.2, -0.15) is 0 Å². The molecule has 0 amide bonds. The third-order valence-electron chi connectivity index (χ3n) is 18.4. The maximum absolute atomic E-state index is 2.66. The summed E-state index contributed by atoms with van der Waals surface area (Å²) in [6.07, 6.45) is 0. The molecular weight excluding hydrogens is 929 g/mol. The van der Waals surface area contributed by atoms with Gasteiger partial charge in [-0.25, -0.2) is 0 Å². The second-order valence-electron chi connectivity index (χ2n) is 22.2. The number of anilines is 3. The van der Waals surface area contributed by atoms with Crippen LogP contribution in [0.3, 0.4) is 0 Å². The number of nitrogens with zero attached hydrogens (tertiary/aromatic N) is 2. The summed E-state index contributed by atoms with van der Waals surface area (Å²) in [6, 6.07) is 102. The molecule has 1 aliphatic heterocycles. The van der Waals surface area contributed by atoms with Crippen molar-refractivity contribution < 1.29 is 0 Å². The zero-order chi connectivity index (χ0) is 50.8. The largest absolute Gasteiger partial charge is 0.309 e. The molecule has 0 fully saturated rings. The molecule has 1 unspecified atom stereocenters. The lowest BCUT2D eigenvalue weighted by atomic mass is 9.65. The minimum Gasteiger partial charge on any atom is -0.309 e. The normalized spacial score (nSPS) is 16.2. The Morgan fingerprint density at radius 1 is 0.312 bits per heavy atom. The van der Waals surface area contributed by atoms with Gasteiger partial charge in [-0.05, 0) is 125 Å². The van der Waals surface area contributed by atoms with E-state index >= 15 is 0 Å². The molecule has 17 rings (SSSR count).